The third kappa shape index (κ3) is 7.02. The van der Waals surface area contributed by atoms with Crippen LogP contribution in [0.25, 0.3) is 0 Å². The van der Waals surface area contributed by atoms with Crippen LogP contribution in [0.15, 0.2) is 0 Å². The molecule has 4 nitrogen and oxygen atoms in total. The average Bonchev–Trinajstić information content (AvgIpc) is 2.40. The van der Waals surface area contributed by atoms with E-state index in [0.717, 1.165) is 6.29 Å². The Morgan fingerprint density at radius 2 is 1.31 bits per heavy atom. The monoisotopic (exact) mass is 402 g/mol. The number of Topliss-reactive ketones (excluding diaryl/α,β-unsaturated/α-hetero) is 1. The molecule has 0 aliphatic carbocycles. The Morgan fingerprint density at radius 1 is 0.923 bits per heavy atom. The SMILES string of the molecule is CC(=O)[C@@H](O[Si](C)(C)C(C)(C)C)[C@H](C[C@@H](C)C=O)O[Si](C)(C)C(C)(C)C. The van der Waals surface area contributed by atoms with Crippen LogP contribution < -0.4 is 0 Å². The van der Waals surface area contributed by atoms with Gasteiger partial charge in [0, 0.05) is 5.92 Å². The summed E-state index contributed by atoms with van der Waals surface area (Å²) >= 11 is 0. The molecular formula is C20H42O4Si2. The van der Waals surface area contributed by atoms with Crippen molar-refractivity contribution in [1.29, 1.82) is 0 Å². The maximum atomic E-state index is 12.5. The highest BCUT2D eigenvalue weighted by atomic mass is 28.4. The molecule has 0 amide bonds. The minimum atomic E-state index is -2.15. The van der Waals surface area contributed by atoms with Crippen molar-refractivity contribution >= 4 is 28.7 Å². The van der Waals surface area contributed by atoms with E-state index in [4.69, 9.17) is 8.85 Å². The first kappa shape index (κ1) is 25.7. The van der Waals surface area contributed by atoms with E-state index < -0.39 is 22.7 Å². The summed E-state index contributed by atoms with van der Waals surface area (Å²) in [7, 11) is -4.26. The van der Waals surface area contributed by atoms with Crippen LogP contribution in [-0.4, -0.2) is 40.9 Å². The lowest BCUT2D eigenvalue weighted by atomic mass is 10.00. The van der Waals surface area contributed by atoms with E-state index in [2.05, 4.69) is 67.7 Å². The number of hydrogen-bond acceptors (Lipinski definition) is 4. The molecular weight excluding hydrogens is 360 g/mol. The summed E-state index contributed by atoms with van der Waals surface area (Å²) in [6, 6.07) is 0. The molecule has 154 valence electrons. The molecule has 0 bridgehead atoms. The fourth-order valence-electron chi connectivity index (χ4n) is 2.13. The van der Waals surface area contributed by atoms with E-state index in [1.165, 1.54) is 0 Å². The molecule has 0 fully saturated rings. The molecule has 0 aromatic heterocycles. The third-order valence-corrected chi connectivity index (χ3v) is 15.0. The average molecular weight is 403 g/mol. The second-order valence-electron chi connectivity index (χ2n) is 10.7. The van der Waals surface area contributed by atoms with Crippen molar-refractivity contribution in [2.75, 3.05) is 0 Å². The number of carbonyl (C=O) groups excluding carboxylic acids is 2. The molecule has 26 heavy (non-hydrogen) atoms. The molecule has 0 rings (SSSR count). The zero-order valence-electron chi connectivity index (χ0n) is 19.1. The third-order valence-electron chi connectivity index (χ3n) is 6.05. The van der Waals surface area contributed by atoms with Gasteiger partial charge in [0.2, 0.25) is 0 Å². The van der Waals surface area contributed by atoms with Crippen molar-refractivity contribution < 1.29 is 18.4 Å². The predicted molar refractivity (Wildman–Crippen MR) is 115 cm³/mol. The number of aldehydes is 1. The van der Waals surface area contributed by atoms with Gasteiger partial charge in [-0.1, -0.05) is 48.5 Å². The van der Waals surface area contributed by atoms with E-state index in [1.807, 2.05) is 6.92 Å². The van der Waals surface area contributed by atoms with Crippen molar-refractivity contribution in [3.63, 3.8) is 0 Å². The largest absolute Gasteiger partial charge is 0.411 e. The Bertz CT molecular complexity index is 487. The lowest BCUT2D eigenvalue weighted by Gasteiger charge is -2.44. The molecule has 0 unspecified atom stereocenters. The Balaban J connectivity index is 5.85. The van der Waals surface area contributed by atoms with Crippen LogP contribution in [0.5, 0.6) is 0 Å². The van der Waals surface area contributed by atoms with Crippen LogP contribution in [0, 0.1) is 5.92 Å². The van der Waals surface area contributed by atoms with E-state index >= 15 is 0 Å². The molecule has 0 saturated carbocycles. The van der Waals surface area contributed by atoms with Crippen LogP contribution >= 0.6 is 0 Å². The number of carbonyl (C=O) groups is 2. The molecule has 6 heteroatoms. The van der Waals surface area contributed by atoms with Gasteiger partial charge in [0.25, 0.3) is 0 Å². The van der Waals surface area contributed by atoms with E-state index in [9.17, 15) is 9.59 Å². The highest BCUT2D eigenvalue weighted by Gasteiger charge is 2.46. The molecule has 0 aromatic carbocycles. The maximum absolute atomic E-state index is 12.5. The van der Waals surface area contributed by atoms with Gasteiger partial charge < -0.3 is 13.6 Å². The molecule has 0 aromatic rings. The first-order valence-electron chi connectivity index (χ1n) is 9.67. The zero-order chi connectivity index (χ0) is 21.1. The van der Waals surface area contributed by atoms with Gasteiger partial charge in [-0.3, -0.25) is 4.79 Å². The fourth-order valence-corrected chi connectivity index (χ4v) is 4.76. The predicted octanol–water partition coefficient (Wildman–Crippen LogP) is 5.58. The summed E-state index contributed by atoms with van der Waals surface area (Å²) < 4.78 is 13.1. The summed E-state index contributed by atoms with van der Waals surface area (Å²) in [5.41, 5.74) is 0. The van der Waals surface area contributed by atoms with Crippen molar-refractivity contribution in [2.24, 2.45) is 5.92 Å². The van der Waals surface area contributed by atoms with Crippen LogP contribution in [0.3, 0.4) is 0 Å². The molecule has 0 saturated heterocycles. The second kappa shape index (κ2) is 8.80. The minimum Gasteiger partial charge on any atom is -0.411 e. The van der Waals surface area contributed by atoms with Gasteiger partial charge in [0.15, 0.2) is 22.4 Å². The molecule has 0 aliphatic rings. The summed E-state index contributed by atoms with van der Waals surface area (Å²) in [6.45, 7) is 25.1. The molecule has 0 spiro atoms. The van der Waals surface area contributed by atoms with Crippen LogP contribution in [0.1, 0.15) is 61.8 Å². The molecule has 0 N–H and O–H groups in total. The van der Waals surface area contributed by atoms with E-state index in [1.54, 1.807) is 6.92 Å². The van der Waals surface area contributed by atoms with Crippen LogP contribution in [0.4, 0.5) is 0 Å². The lowest BCUT2D eigenvalue weighted by molar-refractivity contribution is -0.130. The van der Waals surface area contributed by atoms with Gasteiger partial charge in [-0.2, -0.15) is 0 Å². The first-order chi connectivity index (χ1) is 11.4. The smallest absolute Gasteiger partial charge is 0.193 e. The van der Waals surface area contributed by atoms with Gasteiger partial charge in [-0.15, -0.1) is 0 Å². The fraction of sp³-hybridized carbons (Fsp3) is 0.900. The molecule has 0 radical (unpaired) electrons. The first-order valence-corrected chi connectivity index (χ1v) is 15.5. The molecule has 0 heterocycles. The quantitative estimate of drug-likeness (QED) is 0.373. The van der Waals surface area contributed by atoms with Crippen LogP contribution in [0.2, 0.25) is 36.3 Å². The normalized spacial score (nSPS) is 17.5. The van der Waals surface area contributed by atoms with Crippen molar-refractivity contribution in [2.45, 2.75) is 110 Å². The Morgan fingerprint density at radius 3 is 1.62 bits per heavy atom. The maximum Gasteiger partial charge on any atom is 0.193 e. The Kier molecular flexibility index (Phi) is 8.69. The number of hydrogen-bond donors (Lipinski definition) is 0. The molecule has 3 atom stereocenters. The standard InChI is InChI=1S/C20H42O4Si2/c1-15(14-21)13-17(23-25(9,10)19(3,4)5)18(16(2)22)24-26(11,12)20(6,7)8/h14-15,17-18H,13H2,1-12H3/t15-,17+,18-/m1/s1. The molecule has 0 aliphatic heterocycles. The van der Waals surface area contributed by atoms with E-state index in [-0.39, 0.29) is 27.9 Å². The van der Waals surface area contributed by atoms with Gasteiger partial charge in [0.1, 0.15) is 12.4 Å². The Hall–Kier alpha value is -0.306. The topological polar surface area (TPSA) is 52.6 Å². The number of ketones is 1. The van der Waals surface area contributed by atoms with E-state index in [0.29, 0.717) is 6.42 Å². The second-order valence-corrected chi connectivity index (χ2v) is 20.2. The summed E-state index contributed by atoms with van der Waals surface area (Å²) in [6.07, 6.45) is 0.440. The van der Waals surface area contributed by atoms with Crippen molar-refractivity contribution in [3.05, 3.63) is 0 Å². The summed E-state index contributed by atoms with van der Waals surface area (Å²) in [4.78, 5) is 23.8. The minimum absolute atomic E-state index is 0.00149. The lowest BCUT2D eigenvalue weighted by Crippen LogP contribution is -2.54. The zero-order valence-corrected chi connectivity index (χ0v) is 21.1. The van der Waals surface area contributed by atoms with Crippen LogP contribution in [-0.2, 0) is 18.4 Å². The van der Waals surface area contributed by atoms with Gasteiger partial charge in [-0.25, -0.2) is 0 Å². The summed E-state index contributed by atoms with van der Waals surface area (Å²) in [5, 5.41) is 0.0203. The number of rotatable bonds is 9. The highest BCUT2D eigenvalue weighted by Crippen LogP contribution is 2.41. The van der Waals surface area contributed by atoms with Gasteiger partial charge >= 0.3 is 0 Å². The van der Waals surface area contributed by atoms with Gasteiger partial charge in [0.05, 0.1) is 6.10 Å². The van der Waals surface area contributed by atoms with Crippen molar-refractivity contribution in [1.82, 2.24) is 0 Å². The van der Waals surface area contributed by atoms with Gasteiger partial charge in [-0.05, 0) is 49.6 Å². The Labute approximate surface area is 163 Å². The van der Waals surface area contributed by atoms with Crippen molar-refractivity contribution in [3.8, 4) is 0 Å². The highest BCUT2D eigenvalue weighted by molar-refractivity contribution is 6.74. The summed E-state index contributed by atoms with van der Waals surface area (Å²) in [5.74, 6) is -0.189.